The first kappa shape index (κ1) is 55.7. The number of anilines is 3. The maximum absolute atomic E-state index is 14.0. The summed E-state index contributed by atoms with van der Waals surface area (Å²) in [4.78, 5) is 87.6. The van der Waals surface area contributed by atoms with Gasteiger partial charge < -0.3 is 41.9 Å². The number of carbonyl (C=O) groups excluding carboxylic acids is 5. The average molecular weight is 1060 g/mol. The Labute approximate surface area is 451 Å². The summed E-state index contributed by atoms with van der Waals surface area (Å²) in [5.74, 6) is 0.276. The van der Waals surface area contributed by atoms with Gasteiger partial charge in [-0.05, 0) is 93.0 Å². The zero-order valence-corrected chi connectivity index (χ0v) is 45.5. The van der Waals surface area contributed by atoms with Crippen LogP contribution in [0.3, 0.4) is 0 Å². The molecule has 3 aliphatic rings. The third-order valence-electron chi connectivity index (χ3n) is 14.9. The standard InChI is InChI=1S/C58H77N11O6S/c1-37-52(76-36-63-37)39-17-15-38(16-18-39)32-62-56(74)48-30-44(70)35-69(48)57(75)53(58(2,3)4)68-51(71)14-12-10-8-6-5-7-9-11-13-28-60-54(72)40-19-22-43(23-20-40)65-55(73)45-34-61-50(31-47(45)64-42-24-25-42)67-49-26-21-41-33-59-29-27-46(41)66-49/h15-18,21,26-27,29,31,33-34,36,40,42-44,48,53,70H,5-14,19-20,22-25,28,30,32,35H2,1-4H3,(H,60,72)(H,62,74)(H,65,73)(H,68,71)(H2,61,64,66,67)/t40-,43-,44-,48+,53+/m1/s1. The van der Waals surface area contributed by atoms with E-state index in [2.05, 4.69) is 51.8 Å². The van der Waals surface area contributed by atoms with E-state index in [1.807, 2.05) is 81.7 Å². The van der Waals surface area contributed by atoms with Crippen molar-refractivity contribution in [2.24, 2.45) is 11.3 Å². The Bertz CT molecular complexity index is 2770. The van der Waals surface area contributed by atoms with Gasteiger partial charge in [-0.25, -0.2) is 15.0 Å². The average Bonchev–Trinajstić information content (AvgIpc) is 3.98. The summed E-state index contributed by atoms with van der Waals surface area (Å²) in [6.07, 6.45) is 18.9. The van der Waals surface area contributed by atoms with Crippen LogP contribution in [0.2, 0.25) is 0 Å². The molecule has 1 aromatic carbocycles. The van der Waals surface area contributed by atoms with Gasteiger partial charge in [0.15, 0.2) is 0 Å². The molecule has 2 saturated carbocycles. The van der Waals surface area contributed by atoms with Gasteiger partial charge >= 0.3 is 0 Å². The van der Waals surface area contributed by atoms with Crippen LogP contribution in [0.15, 0.2) is 72.6 Å². The van der Waals surface area contributed by atoms with Crippen molar-refractivity contribution in [3.05, 3.63) is 89.5 Å². The molecule has 3 fully saturated rings. The number of β-amino-alcohol motifs (C(OH)–C–C–N with tert-alkyl or cyclic N) is 1. The van der Waals surface area contributed by atoms with Crippen LogP contribution in [-0.4, -0.2) is 103 Å². The van der Waals surface area contributed by atoms with Gasteiger partial charge in [-0.3, -0.25) is 29.0 Å². The third-order valence-corrected chi connectivity index (χ3v) is 15.8. The Kier molecular flexibility index (Phi) is 19.4. The number of hydrogen-bond acceptors (Lipinski definition) is 13. The monoisotopic (exact) mass is 1060 g/mol. The minimum absolute atomic E-state index is 0.00207. The molecule has 5 aromatic rings. The number of hydrogen-bond donors (Lipinski definition) is 7. The van der Waals surface area contributed by atoms with E-state index in [0.717, 1.165) is 135 Å². The number of thiazole rings is 1. The molecule has 406 valence electrons. The summed E-state index contributed by atoms with van der Waals surface area (Å²) >= 11 is 1.58. The first-order valence-electron chi connectivity index (χ1n) is 27.6. The minimum atomic E-state index is -0.848. The number of pyridine rings is 3. The molecule has 7 N–H and O–H groups in total. The number of carbonyl (C=O) groups is 5. The van der Waals surface area contributed by atoms with Gasteiger partial charge in [0.1, 0.15) is 23.7 Å². The molecule has 5 heterocycles. The summed E-state index contributed by atoms with van der Waals surface area (Å²) in [5, 5.41) is 30.6. The highest BCUT2D eigenvalue weighted by molar-refractivity contribution is 7.13. The minimum Gasteiger partial charge on any atom is -0.391 e. The summed E-state index contributed by atoms with van der Waals surface area (Å²) < 4.78 is 0. The van der Waals surface area contributed by atoms with Crippen LogP contribution in [0.4, 0.5) is 17.3 Å². The highest BCUT2D eigenvalue weighted by Crippen LogP contribution is 2.32. The second-order valence-corrected chi connectivity index (χ2v) is 23.0. The van der Waals surface area contributed by atoms with Crippen LogP contribution < -0.4 is 31.9 Å². The van der Waals surface area contributed by atoms with Crippen LogP contribution in [0.25, 0.3) is 21.3 Å². The van der Waals surface area contributed by atoms with Crippen LogP contribution in [0, 0.1) is 18.3 Å². The third kappa shape index (κ3) is 15.8. The van der Waals surface area contributed by atoms with E-state index in [4.69, 9.17) is 0 Å². The van der Waals surface area contributed by atoms with E-state index < -0.39 is 23.6 Å². The normalized spacial score (nSPS) is 18.9. The van der Waals surface area contributed by atoms with Crippen LogP contribution in [0.1, 0.15) is 152 Å². The zero-order chi connectivity index (χ0) is 53.6. The van der Waals surface area contributed by atoms with Gasteiger partial charge in [-0.2, -0.15) is 0 Å². The van der Waals surface area contributed by atoms with Gasteiger partial charge in [-0.1, -0.05) is 90.0 Å². The lowest BCUT2D eigenvalue weighted by Gasteiger charge is -2.35. The van der Waals surface area contributed by atoms with E-state index in [9.17, 15) is 29.1 Å². The van der Waals surface area contributed by atoms with E-state index in [0.29, 0.717) is 36.2 Å². The van der Waals surface area contributed by atoms with E-state index in [-0.39, 0.29) is 61.0 Å². The van der Waals surface area contributed by atoms with Crippen molar-refractivity contribution in [3.8, 4) is 10.4 Å². The molecule has 1 aliphatic heterocycles. The molecule has 4 aromatic heterocycles. The molecule has 76 heavy (non-hydrogen) atoms. The van der Waals surface area contributed by atoms with Crippen molar-refractivity contribution >= 4 is 69.1 Å². The number of aryl methyl sites for hydroxylation is 1. The largest absolute Gasteiger partial charge is 0.391 e. The van der Waals surface area contributed by atoms with Crippen LogP contribution in [-0.2, 0) is 25.7 Å². The molecule has 0 radical (unpaired) electrons. The molecular formula is C58H77N11O6S. The summed E-state index contributed by atoms with van der Waals surface area (Å²) in [7, 11) is 0. The van der Waals surface area contributed by atoms with Gasteiger partial charge in [0.05, 0.1) is 39.0 Å². The second-order valence-electron chi connectivity index (χ2n) is 22.1. The molecule has 17 nitrogen and oxygen atoms in total. The Hall–Kier alpha value is -6.53. The summed E-state index contributed by atoms with van der Waals surface area (Å²) in [5.41, 5.74) is 6.24. The maximum atomic E-state index is 14.0. The summed E-state index contributed by atoms with van der Waals surface area (Å²) in [6.45, 7) is 8.66. The molecule has 1 saturated heterocycles. The molecule has 0 unspecified atom stereocenters. The lowest BCUT2D eigenvalue weighted by Crippen LogP contribution is -2.57. The van der Waals surface area contributed by atoms with Gasteiger partial charge in [0.2, 0.25) is 23.6 Å². The fourth-order valence-corrected chi connectivity index (χ4v) is 11.0. The molecule has 2 aliphatic carbocycles. The summed E-state index contributed by atoms with van der Waals surface area (Å²) in [6, 6.07) is 14.2. The van der Waals surface area contributed by atoms with Gasteiger partial charge in [0, 0.05) is 80.5 Å². The van der Waals surface area contributed by atoms with Crippen molar-refractivity contribution in [3.63, 3.8) is 0 Å². The van der Waals surface area contributed by atoms with Crippen molar-refractivity contribution in [2.75, 3.05) is 23.7 Å². The Morgan fingerprint density at radius 1 is 0.789 bits per heavy atom. The highest BCUT2D eigenvalue weighted by atomic mass is 32.1. The number of aliphatic hydroxyl groups excluding tert-OH is 1. The van der Waals surface area contributed by atoms with Crippen molar-refractivity contribution in [1.82, 2.24) is 46.1 Å². The lowest BCUT2D eigenvalue weighted by atomic mass is 9.85. The fourth-order valence-electron chi connectivity index (χ4n) is 10.2. The van der Waals surface area contributed by atoms with Crippen molar-refractivity contribution in [1.29, 1.82) is 0 Å². The van der Waals surface area contributed by atoms with Crippen LogP contribution in [0.5, 0.6) is 0 Å². The van der Waals surface area contributed by atoms with E-state index >= 15 is 0 Å². The molecule has 18 heteroatoms. The first-order valence-corrected chi connectivity index (χ1v) is 28.4. The molecule has 5 amide bonds. The Balaban J connectivity index is 0.656. The number of aromatic nitrogens is 4. The Morgan fingerprint density at radius 3 is 2.20 bits per heavy atom. The van der Waals surface area contributed by atoms with Crippen molar-refractivity contribution in [2.45, 2.75) is 174 Å². The topological polar surface area (TPSA) is 233 Å². The number of amides is 5. The number of aliphatic hydroxyl groups is 1. The molecule has 0 bridgehead atoms. The molecule has 8 rings (SSSR count). The number of fused-ring (bicyclic) bond motifs is 1. The quantitative estimate of drug-likeness (QED) is 0.0272. The fraction of sp³-hybridized carbons (Fsp3) is 0.534. The number of unbranched alkanes of at least 4 members (excludes halogenated alkanes) is 8. The number of benzene rings is 1. The lowest BCUT2D eigenvalue weighted by molar-refractivity contribution is -0.144. The number of rotatable bonds is 25. The SMILES string of the molecule is Cc1ncsc1-c1ccc(CNC(=O)[C@@H]2C[C@@H](O)CN2C(=O)[C@H](NC(=O)CCCCCCCCCCCNC(=O)[C@H]2CC[C@H](NC(=O)c3cnc(Nc4ccc5cnccc5n4)cc3NC3CC3)CC2)C(C)(C)C)cc1. The zero-order valence-electron chi connectivity index (χ0n) is 44.7. The van der Waals surface area contributed by atoms with E-state index in [1.54, 1.807) is 29.9 Å². The van der Waals surface area contributed by atoms with Crippen LogP contribution >= 0.6 is 11.3 Å². The number of nitrogens with zero attached hydrogens (tertiary/aromatic N) is 5. The molecule has 0 spiro atoms. The van der Waals surface area contributed by atoms with Gasteiger partial charge in [0.25, 0.3) is 5.91 Å². The van der Waals surface area contributed by atoms with Gasteiger partial charge in [-0.15, -0.1) is 11.3 Å². The first-order chi connectivity index (χ1) is 36.7. The predicted octanol–water partition coefficient (Wildman–Crippen LogP) is 8.89. The second kappa shape index (κ2) is 26.5. The van der Waals surface area contributed by atoms with E-state index in [1.165, 1.54) is 4.90 Å². The predicted molar refractivity (Wildman–Crippen MR) is 298 cm³/mol. The number of nitrogens with one attached hydrogen (secondary N) is 6. The highest BCUT2D eigenvalue weighted by Gasteiger charge is 2.44. The molecule has 3 atom stereocenters. The smallest absolute Gasteiger partial charge is 0.255 e. The Morgan fingerprint density at radius 2 is 1.50 bits per heavy atom. The number of likely N-dealkylation sites (tertiary alicyclic amines) is 1. The van der Waals surface area contributed by atoms with Crippen molar-refractivity contribution < 1.29 is 29.1 Å². The molecular weight excluding hydrogens is 979 g/mol. The maximum Gasteiger partial charge on any atom is 0.255 e.